The Morgan fingerprint density at radius 2 is 1.79 bits per heavy atom. The summed E-state index contributed by atoms with van der Waals surface area (Å²) in [4.78, 5) is 17.3. The van der Waals surface area contributed by atoms with Gasteiger partial charge in [0.25, 0.3) is 0 Å². The molecule has 0 fully saturated rings. The minimum Gasteiger partial charge on any atom is -0.508 e. The van der Waals surface area contributed by atoms with Crippen molar-refractivity contribution in [3.05, 3.63) is 70.8 Å². The normalized spacial score (nSPS) is 11.8. The molecule has 2 aromatic heterocycles. The van der Waals surface area contributed by atoms with Crippen molar-refractivity contribution in [2.45, 2.75) is 26.2 Å². The van der Waals surface area contributed by atoms with Crippen LogP contribution < -0.4 is 11.4 Å². The highest BCUT2D eigenvalue weighted by Crippen LogP contribution is 2.34. The van der Waals surface area contributed by atoms with Crippen molar-refractivity contribution in [2.24, 2.45) is 0 Å². The van der Waals surface area contributed by atoms with Crippen LogP contribution in [-0.4, -0.2) is 24.3 Å². The summed E-state index contributed by atoms with van der Waals surface area (Å²) in [7, 11) is 0. The molecule has 2 aromatic carbocycles. The lowest BCUT2D eigenvalue weighted by Gasteiger charge is -2.21. The topological polar surface area (TPSA) is 98.4 Å². The Morgan fingerprint density at radius 3 is 2.46 bits per heavy atom. The maximum Gasteiger partial charge on any atom is 0.355 e. The van der Waals surface area contributed by atoms with Crippen LogP contribution in [0.5, 0.6) is 5.75 Å². The lowest BCUT2D eigenvalue weighted by molar-refractivity contribution is 0.447. The van der Waals surface area contributed by atoms with Crippen molar-refractivity contribution < 1.29 is 5.11 Å². The highest BCUT2D eigenvalue weighted by atomic mass is 16.3. The standard InChI is InChI=1S/C21H21N5O2/c1-21(2,3)15-11-13(9-10-17(15)27)16-12-25-19(18(22)23-16)24-26(20(25)28)14-7-5-4-6-8-14/h4-12,27H,1-3H3,(H2,22,23). The van der Waals surface area contributed by atoms with Crippen LogP contribution in [0, 0.1) is 0 Å². The van der Waals surface area contributed by atoms with E-state index in [4.69, 9.17) is 5.73 Å². The molecule has 4 rings (SSSR count). The second-order valence-electron chi connectivity index (χ2n) is 7.72. The van der Waals surface area contributed by atoms with Gasteiger partial charge in [-0.3, -0.25) is 0 Å². The third kappa shape index (κ3) is 2.90. The van der Waals surface area contributed by atoms with Crippen molar-refractivity contribution in [1.29, 1.82) is 0 Å². The Morgan fingerprint density at radius 1 is 1.07 bits per heavy atom. The van der Waals surface area contributed by atoms with Crippen molar-refractivity contribution >= 4 is 11.5 Å². The van der Waals surface area contributed by atoms with E-state index < -0.39 is 0 Å². The molecule has 0 spiro atoms. The molecule has 7 heteroatoms. The monoisotopic (exact) mass is 375 g/mol. The number of aromatic hydroxyl groups is 1. The summed E-state index contributed by atoms with van der Waals surface area (Å²) in [5.41, 5.74) is 8.57. The number of benzene rings is 2. The maximum atomic E-state index is 12.9. The Balaban J connectivity index is 1.91. The predicted molar refractivity (Wildman–Crippen MR) is 109 cm³/mol. The fraction of sp³-hybridized carbons (Fsp3) is 0.190. The first-order valence-corrected chi connectivity index (χ1v) is 8.93. The first kappa shape index (κ1) is 17.8. The van der Waals surface area contributed by atoms with Gasteiger partial charge in [-0.15, -0.1) is 5.10 Å². The van der Waals surface area contributed by atoms with Crippen LogP contribution in [0.3, 0.4) is 0 Å². The van der Waals surface area contributed by atoms with E-state index in [1.165, 1.54) is 9.08 Å². The molecule has 0 saturated carbocycles. The van der Waals surface area contributed by atoms with Gasteiger partial charge in [-0.2, -0.15) is 4.68 Å². The quantitative estimate of drug-likeness (QED) is 0.561. The molecule has 0 saturated heterocycles. The molecule has 0 amide bonds. The molecule has 0 aliphatic rings. The summed E-state index contributed by atoms with van der Waals surface area (Å²) >= 11 is 0. The summed E-state index contributed by atoms with van der Waals surface area (Å²) in [6, 6.07) is 14.4. The van der Waals surface area contributed by atoms with Gasteiger partial charge in [-0.25, -0.2) is 14.2 Å². The van der Waals surface area contributed by atoms with Gasteiger partial charge in [0.1, 0.15) is 5.75 Å². The Hall–Kier alpha value is -3.61. The van der Waals surface area contributed by atoms with Crippen molar-refractivity contribution in [2.75, 3.05) is 5.73 Å². The first-order chi connectivity index (χ1) is 13.3. The summed E-state index contributed by atoms with van der Waals surface area (Å²) in [5.74, 6) is 0.383. The average molecular weight is 375 g/mol. The van der Waals surface area contributed by atoms with E-state index in [0.717, 1.165) is 11.1 Å². The number of nitrogens with two attached hydrogens (primary N) is 1. The summed E-state index contributed by atoms with van der Waals surface area (Å²) < 4.78 is 2.70. The number of nitrogen functional groups attached to an aromatic ring is 1. The minimum absolute atomic E-state index is 0.162. The molecular weight excluding hydrogens is 354 g/mol. The van der Waals surface area contributed by atoms with Gasteiger partial charge >= 0.3 is 5.69 Å². The van der Waals surface area contributed by atoms with Gasteiger partial charge in [0, 0.05) is 11.8 Å². The van der Waals surface area contributed by atoms with E-state index >= 15 is 0 Å². The van der Waals surface area contributed by atoms with E-state index in [1.54, 1.807) is 30.5 Å². The third-order valence-electron chi connectivity index (χ3n) is 4.63. The molecule has 0 aliphatic heterocycles. The number of hydrogen-bond acceptors (Lipinski definition) is 5. The fourth-order valence-electron chi connectivity index (χ4n) is 3.17. The fourth-order valence-corrected chi connectivity index (χ4v) is 3.17. The smallest absolute Gasteiger partial charge is 0.355 e. The van der Waals surface area contributed by atoms with Crippen LogP contribution in [0.4, 0.5) is 5.82 Å². The lowest BCUT2D eigenvalue weighted by Crippen LogP contribution is -2.19. The zero-order chi connectivity index (χ0) is 20.1. The van der Waals surface area contributed by atoms with Crippen molar-refractivity contribution in [1.82, 2.24) is 19.2 Å². The van der Waals surface area contributed by atoms with Gasteiger partial charge in [-0.1, -0.05) is 39.0 Å². The molecule has 0 radical (unpaired) electrons. The molecule has 0 unspecified atom stereocenters. The van der Waals surface area contributed by atoms with Crippen LogP contribution in [0.2, 0.25) is 0 Å². The average Bonchev–Trinajstić information content (AvgIpc) is 2.99. The van der Waals surface area contributed by atoms with Gasteiger partial charge < -0.3 is 10.8 Å². The largest absolute Gasteiger partial charge is 0.508 e. The number of anilines is 1. The zero-order valence-corrected chi connectivity index (χ0v) is 15.9. The zero-order valence-electron chi connectivity index (χ0n) is 15.9. The minimum atomic E-state index is -0.327. The molecule has 0 atom stereocenters. The van der Waals surface area contributed by atoms with Gasteiger partial charge in [0.2, 0.25) is 5.65 Å². The summed E-state index contributed by atoms with van der Waals surface area (Å²) in [6.07, 6.45) is 1.62. The first-order valence-electron chi connectivity index (χ1n) is 8.93. The van der Waals surface area contributed by atoms with E-state index in [9.17, 15) is 9.90 Å². The number of rotatable bonds is 2. The number of nitrogens with zero attached hydrogens (tertiary/aromatic N) is 4. The molecule has 7 nitrogen and oxygen atoms in total. The van der Waals surface area contributed by atoms with Crippen LogP contribution in [0.15, 0.2) is 59.5 Å². The van der Waals surface area contributed by atoms with Gasteiger partial charge in [-0.05, 0) is 41.3 Å². The molecular formula is C21H21N5O2. The second kappa shape index (κ2) is 6.23. The van der Waals surface area contributed by atoms with Gasteiger partial charge in [0.15, 0.2) is 5.82 Å². The molecule has 0 bridgehead atoms. The lowest BCUT2D eigenvalue weighted by atomic mass is 9.85. The second-order valence-corrected chi connectivity index (χ2v) is 7.72. The SMILES string of the molecule is CC(C)(C)c1cc(-c2cn3c(=O)n(-c4ccccc4)nc3c(N)n2)ccc1O. The van der Waals surface area contributed by atoms with Crippen molar-refractivity contribution in [3.63, 3.8) is 0 Å². The molecule has 0 aliphatic carbocycles. The summed E-state index contributed by atoms with van der Waals surface area (Å²) in [6.45, 7) is 6.06. The van der Waals surface area contributed by atoms with Crippen molar-refractivity contribution in [3.8, 4) is 22.7 Å². The maximum absolute atomic E-state index is 12.9. The van der Waals surface area contributed by atoms with Crippen LogP contribution in [0.25, 0.3) is 22.6 Å². The summed E-state index contributed by atoms with van der Waals surface area (Å²) in [5, 5.41) is 14.5. The Bertz CT molecular complexity index is 1230. The van der Waals surface area contributed by atoms with Crippen LogP contribution in [-0.2, 0) is 5.41 Å². The molecule has 3 N–H and O–H groups in total. The molecule has 142 valence electrons. The van der Waals surface area contributed by atoms with E-state index in [1.807, 2.05) is 45.0 Å². The molecule has 4 aromatic rings. The Kier molecular flexibility index (Phi) is 3.96. The Labute approximate surface area is 161 Å². The van der Waals surface area contributed by atoms with Crippen LogP contribution in [0.1, 0.15) is 26.3 Å². The van der Waals surface area contributed by atoms with E-state index in [-0.39, 0.29) is 22.7 Å². The predicted octanol–water partition coefficient (Wildman–Crippen LogP) is 3.13. The van der Waals surface area contributed by atoms with Gasteiger partial charge in [0.05, 0.1) is 11.4 Å². The number of hydrogen-bond donors (Lipinski definition) is 2. The number of phenols is 1. The third-order valence-corrected chi connectivity index (χ3v) is 4.63. The highest BCUT2D eigenvalue weighted by Gasteiger charge is 2.20. The highest BCUT2D eigenvalue weighted by molar-refractivity contribution is 5.68. The number of fused-ring (bicyclic) bond motifs is 1. The number of aromatic nitrogens is 4. The van der Waals surface area contributed by atoms with E-state index in [0.29, 0.717) is 17.0 Å². The molecule has 28 heavy (non-hydrogen) atoms. The number of phenolic OH excluding ortho intramolecular Hbond substituents is 1. The van der Waals surface area contributed by atoms with Crippen LogP contribution >= 0.6 is 0 Å². The van der Waals surface area contributed by atoms with E-state index in [2.05, 4.69) is 10.1 Å². The number of para-hydroxylation sites is 1. The molecule has 2 heterocycles.